The van der Waals surface area contributed by atoms with Gasteiger partial charge in [0.15, 0.2) is 0 Å². The fourth-order valence-corrected chi connectivity index (χ4v) is 5.60. The Balaban J connectivity index is 2.08. The lowest BCUT2D eigenvalue weighted by molar-refractivity contribution is -0.139. The molecule has 1 unspecified atom stereocenters. The van der Waals surface area contributed by atoms with E-state index in [1.165, 1.54) is 49.4 Å². The molecule has 3 aromatic rings. The molecule has 0 aliphatic heterocycles. The lowest BCUT2D eigenvalue weighted by Crippen LogP contribution is -2.50. The number of hydrogen-bond donors (Lipinski definition) is 1. The fourth-order valence-electron chi connectivity index (χ4n) is 3.94. The molecule has 1 atom stereocenters. The van der Waals surface area contributed by atoms with Crippen molar-refractivity contribution in [1.82, 2.24) is 10.2 Å². The highest BCUT2D eigenvalue weighted by atomic mass is 35.5. The molecule has 0 aliphatic rings. The van der Waals surface area contributed by atoms with Gasteiger partial charge in [-0.1, -0.05) is 53.6 Å². The van der Waals surface area contributed by atoms with Crippen LogP contribution in [0.2, 0.25) is 5.02 Å². The van der Waals surface area contributed by atoms with Crippen LogP contribution in [0.3, 0.4) is 0 Å². The van der Waals surface area contributed by atoms with Gasteiger partial charge >= 0.3 is 0 Å². The third kappa shape index (κ3) is 6.46. The van der Waals surface area contributed by atoms with Crippen molar-refractivity contribution in [3.05, 3.63) is 88.4 Å². The van der Waals surface area contributed by atoms with E-state index in [0.717, 1.165) is 21.0 Å². The van der Waals surface area contributed by atoms with E-state index in [1.54, 1.807) is 19.1 Å². The van der Waals surface area contributed by atoms with E-state index < -0.39 is 28.5 Å². The van der Waals surface area contributed by atoms with Gasteiger partial charge in [0.05, 0.1) is 22.7 Å². The molecule has 202 valence electrons. The number of amides is 2. The van der Waals surface area contributed by atoms with Crippen LogP contribution in [-0.2, 0) is 26.2 Å². The number of aryl methyl sites for hydroxylation is 2. The number of hydrogen-bond acceptors (Lipinski definition) is 5. The van der Waals surface area contributed by atoms with E-state index in [9.17, 15) is 18.0 Å². The van der Waals surface area contributed by atoms with Crippen molar-refractivity contribution in [1.29, 1.82) is 0 Å². The van der Waals surface area contributed by atoms with Gasteiger partial charge in [-0.25, -0.2) is 8.42 Å². The van der Waals surface area contributed by atoms with Crippen LogP contribution in [-0.4, -0.2) is 51.9 Å². The van der Waals surface area contributed by atoms with Crippen LogP contribution in [0.15, 0.2) is 71.6 Å². The summed E-state index contributed by atoms with van der Waals surface area (Å²) in [6.45, 7) is 4.95. The van der Waals surface area contributed by atoms with Gasteiger partial charge in [-0.05, 0) is 62.2 Å². The summed E-state index contributed by atoms with van der Waals surface area (Å²) in [6.07, 6.45) is 0. The average molecular weight is 558 g/mol. The standard InChI is InChI=1S/C28H32ClN3O5S/c1-19-10-13-24(14-11-19)38(35,36)32(23-12-15-26(37-5)25(29)16-23)18-27(33)31(21(3)28(34)30-4)17-22-9-7-6-8-20(22)2/h6-16,21H,17-18H2,1-5H3,(H,30,34). The molecule has 0 saturated carbocycles. The molecular weight excluding hydrogens is 526 g/mol. The Labute approximate surface area is 229 Å². The Morgan fingerprint density at radius 3 is 2.26 bits per heavy atom. The van der Waals surface area contributed by atoms with Crippen LogP contribution in [0.4, 0.5) is 5.69 Å². The number of nitrogens with zero attached hydrogens (tertiary/aromatic N) is 2. The zero-order valence-electron chi connectivity index (χ0n) is 22.1. The Bertz CT molecular complexity index is 1410. The smallest absolute Gasteiger partial charge is 0.264 e. The van der Waals surface area contributed by atoms with Crippen molar-refractivity contribution in [3.63, 3.8) is 0 Å². The summed E-state index contributed by atoms with van der Waals surface area (Å²) in [4.78, 5) is 27.8. The van der Waals surface area contributed by atoms with E-state index in [4.69, 9.17) is 16.3 Å². The van der Waals surface area contributed by atoms with E-state index in [2.05, 4.69) is 5.32 Å². The zero-order valence-corrected chi connectivity index (χ0v) is 23.6. The highest BCUT2D eigenvalue weighted by molar-refractivity contribution is 7.92. The summed E-state index contributed by atoms with van der Waals surface area (Å²) in [5.41, 5.74) is 2.87. The molecule has 0 spiro atoms. The van der Waals surface area contributed by atoms with Gasteiger partial charge in [-0.15, -0.1) is 0 Å². The normalized spacial score (nSPS) is 11.9. The molecule has 1 N–H and O–H groups in total. The second-order valence-corrected chi connectivity index (χ2v) is 11.2. The third-order valence-electron chi connectivity index (χ3n) is 6.33. The summed E-state index contributed by atoms with van der Waals surface area (Å²) in [6, 6.07) is 17.5. The minimum absolute atomic E-state index is 0.0210. The Morgan fingerprint density at radius 2 is 1.68 bits per heavy atom. The molecule has 0 saturated heterocycles. The number of likely N-dealkylation sites (N-methyl/N-ethyl adjacent to an activating group) is 1. The van der Waals surface area contributed by atoms with Crippen molar-refractivity contribution in [3.8, 4) is 5.75 Å². The number of anilines is 1. The van der Waals surface area contributed by atoms with Gasteiger partial charge in [0.1, 0.15) is 18.3 Å². The lowest BCUT2D eigenvalue weighted by atomic mass is 10.1. The van der Waals surface area contributed by atoms with Crippen molar-refractivity contribution in [2.24, 2.45) is 0 Å². The summed E-state index contributed by atoms with van der Waals surface area (Å²) >= 11 is 6.33. The molecule has 3 aromatic carbocycles. The maximum absolute atomic E-state index is 13.8. The maximum atomic E-state index is 13.8. The predicted molar refractivity (Wildman–Crippen MR) is 149 cm³/mol. The number of methoxy groups -OCH3 is 1. The molecule has 3 rings (SSSR count). The van der Waals surface area contributed by atoms with Crippen molar-refractivity contribution >= 4 is 39.1 Å². The van der Waals surface area contributed by atoms with Crippen molar-refractivity contribution < 1.29 is 22.7 Å². The second-order valence-electron chi connectivity index (χ2n) is 8.88. The first-order valence-electron chi connectivity index (χ1n) is 12.0. The number of benzene rings is 3. The molecule has 0 aliphatic carbocycles. The van der Waals surface area contributed by atoms with Crippen LogP contribution in [0.5, 0.6) is 5.75 Å². The maximum Gasteiger partial charge on any atom is 0.264 e. The van der Waals surface area contributed by atoms with Crippen LogP contribution in [0, 0.1) is 13.8 Å². The van der Waals surface area contributed by atoms with Gasteiger partial charge < -0.3 is 15.0 Å². The van der Waals surface area contributed by atoms with Crippen LogP contribution >= 0.6 is 11.6 Å². The molecule has 10 heteroatoms. The number of carbonyl (C=O) groups excluding carboxylic acids is 2. The zero-order chi connectivity index (χ0) is 28.0. The Kier molecular flexibility index (Phi) is 9.40. The summed E-state index contributed by atoms with van der Waals surface area (Å²) in [5, 5.41) is 2.76. The number of nitrogens with one attached hydrogen (secondary N) is 1. The number of rotatable bonds is 10. The first-order valence-corrected chi connectivity index (χ1v) is 13.8. The summed E-state index contributed by atoms with van der Waals surface area (Å²) in [5.74, 6) is -0.553. The van der Waals surface area contributed by atoms with E-state index in [-0.39, 0.29) is 28.1 Å². The van der Waals surface area contributed by atoms with Gasteiger partial charge in [0.2, 0.25) is 11.8 Å². The first kappa shape index (κ1) is 29.0. The summed E-state index contributed by atoms with van der Waals surface area (Å²) < 4.78 is 33.9. The van der Waals surface area contributed by atoms with E-state index >= 15 is 0 Å². The first-order chi connectivity index (χ1) is 18.0. The minimum Gasteiger partial charge on any atom is -0.495 e. The molecule has 38 heavy (non-hydrogen) atoms. The topological polar surface area (TPSA) is 96.0 Å². The molecule has 0 aromatic heterocycles. The predicted octanol–water partition coefficient (Wildman–Crippen LogP) is 4.32. The molecule has 0 fully saturated rings. The lowest BCUT2D eigenvalue weighted by Gasteiger charge is -2.32. The SMILES string of the molecule is CNC(=O)C(C)N(Cc1ccccc1C)C(=O)CN(c1ccc(OC)c(Cl)c1)S(=O)(=O)c1ccc(C)cc1. The van der Waals surface area contributed by atoms with E-state index in [0.29, 0.717) is 5.75 Å². The van der Waals surface area contributed by atoms with Gasteiger partial charge in [0.25, 0.3) is 10.0 Å². The highest BCUT2D eigenvalue weighted by Gasteiger charge is 2.32. The second kappa shape index (κ2) is 12.3. The third-order valence-corrected chi connectivity index (χ3v) is 8.41. The average Bonchev–Trinajstić information content (AvgIpc) is 2.90. The van der Waals surface area contributed by atoms with Crippen LogP contribution < -0.4 is 14.4 Å². The number of carbonyl (C=O) groups is 2. The molecular formula is C28H32ClN3O5S. The fraction of sp³-hybridized carbons (Fsp3) is 0.286. The van der Waals surface area contributed by atoms with Gasteiger partial charge in [-0.3, -0.25) is 13.9 Å². The molecule has 0 radical (unpaired) electrons. The minimum atomic E-state index is -4.18. The summed E-state index contributed by atoms with van der Waals surface area (Å²) in [7, 11) is -1.24. The molecule has 0 heterocycles. The van der Waals surface area contributed by atoms with E-state index in [1.807, 2.05) is 38.1 Å². The van der Waals surface area contributed by atoms with Crippen LogP contribution in [0.1, 0.15) is 23.6 Å². The molecule has 0 bridgehead atoms. The highest BCUT2D eigenvalue weighted by Crippen LogP contribution is 2.32. The van der Waals surface area contributed by atoms with Gasteiger partial charge in [0, 0.05) is 13.6 Å². The quantitative estimate of drug-likeness (QED) is 0.400. The monoisotopic (exact) mass is 557 g/mol. The number of halogens is 1. The van der Waals surface area contributed by atoms with Gasteiger partial charge in [-0.2, -0.15) is 0 Å². The van der Waals surface area contributed by atoms with Crippen molar-refractivity contribution in [2.45, 2.75) is 38.3 Å². The Hall–Kier alpha value is -3.56. The largest absolute Gasteiger partial charge is 0.495 e. The Morgan fingerprint density at radius 1 is 1.03 bits per heavy atom. The molecule has 8 nitrogen and oxygen atoms in total. The molecule has 2 amide bonds. The number of ether oxygens (including phenoxy) is 1. The van der Waals surface area contributed by atoms with Crippen LogP contribution in [0.25, 0.3) is 0 Å². The number of sulfonamides is 1. The van der Waals surface area contributed by atoms with Crippen molar-refractivity contribution in [2.75, 3.05) is 25.0 Å².